The predicted octanol–water partition coefficient (Wildman–Crippen LogP) is 2.74. The lowest BCUT2D eigenvalue weighted by molar-refractivity contribution is -0.124. The minimum absolute atomic E-state index is 0.0834. The summed E-state index contributed by atoms with van der Waals surface area (Å²) in [4.78, 5) is 13.5. The second-order valence-electron chi connectivity index (χ2n) is 4.94. The maximum atomic E-state index is 11.5. The number of rotatable bonds is 6. The molecule has 0 radical (unpaired) electrons. The molecule has 3 heteroatoms. The Hall–Kier alpha value is -1.61. The van der Waals surface area contributed by atoms with E-state index in [0.717, 1.165) is 11.3 Å². The zero-order valence-electron chi connectivity index (χ0n) is 12.1. The van der Waals surface area contributed by atoms with Crippen molar-refractivity contribution in [2.24, 2.45) is 5.92 Å². The fraction of sp³-hybridized carbons (Fsp3) is 0.438. The highest BCUT2D eigenvalue weighted by atomic mass is 16.3. The highest BCUT2D eigenvalue weighted by molar-refractivity contribution is 5.81. The van der Waals surface area contributed by atoms with Crippen LogP contribution in [0, 0.1) is 5.92 Å². The number of carbonyl (C=O) groups is 1. The van der Waals surface area contributed by atoms with Crippen LogP contribution in [0.15, 0.2) is 30.3 Å². The number of hydrogen-bond donors (Lipinski definition) is 1. The fourth-order valence-corrected chi connectivity index (χ4v) is 1.77. The van der Waals surface area contributed by atoms with Gasteiger partial charge in [-0.2, -0.15) is 0 Å². The third kappa shape index (κ3) is 4.52. The first-order valence-electron chi connectivity index (χ1n) is 6.62. The van der Waals surface area contributed by atoms with E-state index in [1.54, 1.807) is 13.0 Å². The van der Waals surface area contributed by atoms with Crippen LogP contribution in [0.1, 0.15) is 25.8 Å². The number of anilines is 1. The smallest absolute Gasteiger partial charge is 0.138 e. The van der Waals surface area contributed by atoms with Crippen molar-refractivity contribution in [1.82, 2.24) is 0 Å². The second-order valence-corrected chi connectivity index (χ2v) is 4.94. The average Bonchev–Trinajstić information content (AvgIpc) is 2.43. The molecule has 0 heterocycles. The first-order valence-corrected chi connectivity index (χ1v) is 6.62. The van der Waals surface area contributed by atoms with Gasteiger partial charge in [-0.3, -0.25) is 4.79 Å². The van der Waals surface area contributed by atoms with Gasteiger partial charge in [-0.05, 0) is 17.7 Å². The molecule has 3 nitrogen and oxygen atoms in total. The van der Waals surface area contributed by atoms with E-state index in [-0.39, 0.29) is 11.7 Å². The van der Waals surface area contributed by atoms with E-state index >= 15 is 0 Å². The maximum Gasteiger partial charge on any atom is 0.138 e. The lowest BCUT2D eigenvalue weighted by atomic mass is 9.97. The van der Waals surface area contributed by atoms with E-state index in [1.165, 1.54) is 0 Å². The molecule has 1 rings (SSSR count). The third-order valence-electron chi connectivity index (χ3n) is 3.26. The minimum Gasteiger partial charge on any atom is -0.388 e. The molecule has 0 fully saturated rings. The number of carbonyl (C=O) groups excluding carboxylic acids is 1. The zero-order chi connectivity index (χ0) is 14.4. The summed E-state index contributed by atoms with van der Waals surface area (Å²) >= 11 is 0. The van der Waals surface area contributed by atoms with Gasteiger partial charge in [0.25, 0.3) is 0 Å². The Morgan fingerprint density at radius 2 is 1.89 bits per heavy atom. The van der Waals surface area contributed by atoms with Crippen LogP contribution in [0.2, 0.25) is 0 Å². The van der Waals surface area contributed by atoms with Gasteiger partial charge in [0.05, 0.1) is 6.10 Å². The van der Waals surface area contributed by atoms with Gasteiger partial charge in [0.15, 0.2) is 0 Å². The molecule has 0 saturated heterocycles. The van der Waals surface area contributed by atoms with Crippen molar-refractivity contribution in [3.63, 3.8) is 0 Å². The molecule has 0 spiro atoms. The lowest BCUT2D eigenvalue weighted by Gasteiger charge is -2.13. The first-order chi connectivity index (χ1) is 8.95. The van der Waals surface area contributed by atoms with E-state index in [1.807, 2.05) is 56.3 Å². The van der Waals surface area contributed by atoms with Crippen LogP contribution in [0.4, 0.5) is 5.69 Å². The van der Waals surface area contributed by atoms with Crippen LogP contribution >= 0.6 is 0 Å². The molecule has 1 aromatic rings. The number of benzene rings is 1. The van der Waals surface area contributed by atoms with E-state index < -0.39 is 6.10 Å². The summed E-state index contributed by atoms with van der Waals surface area (Å²) in [5.41, 5.74) is 2.15. The molecule has 19 heavy (non-hydrogen) atoms. The standard InChI is InChI=1S/C16H23NO2/c1-5-15(18)12(2)16(19)11-8-13-6-9-14(10-7-13)17(3)4/h6-12,16,19H,5H2,1-4H3/b11-8+/t12-,16-/m0/s1. The Morgan fingerprint density at radius 3 is 2.37 bits per heavy atom. The molecular weight excluding hydrogens is 238 g/mol. The quantitative estimate of drug-likeness (QED) is 0.856. The monoisotopic (exact) mass is 261 g/mol. The molecule has 0 aliphatic rings. The third-order valence-corrected chi connectivity index (χ3v) is 3.26. The highest BCUT2D eigenvalue weighted by Gasteiger charge is 2.17. The van der Waals surface area contributed by atoms with Crippen molar-refractivity contribution < 1.29 is 9.90 Å². The molecule has 0 aliphatic heterocycles. The Bertz CT molecular complexity index is 435. The van der Waals surface area contributed by atoms with Crippen molar-refractivity contribution in [3.8, 4) is 0 Å². The number of aliphatic hydroxyl groups is 1. The molecule has 1 N–H and O–H groups in total. The van der Waals surface area contributed by atoms with Crippen LogP contribution in [0.5, 0.6) is 0 Å². The van der Waals surface area contributed by atoms with Gasteiger partial charge in [-0.25, -0.2) is 0 Å². The van der Waals surface area contributed by atoms with Gasteiger partial charge < -0.3 is 10.0 Å². The van der Waals surface area contributed by atoms with Crippen molar-refractivity contribution in [2.75, 3.05) is 19.0 Å². The molecule has 1 aromatic carbocycles. The molecule has 0 aliphatic carbocycles. The van der Waals surface area contributed by atoms with Gasteiger partial charge in [0.1, 0.15) is 5.78 Å². The largest absolute Gasteiger partial charge is 0.388 e. The SMILES string of the molecule is CCC(=O)[C@H](C)[C@@H](O)/C=C/c1ccc(N(C)C)cc1. The lowest BCUT2D eigenvalue weighted by Crippen LogP contribution is -2.23. The molecule has 2 atom stereocenters. The van der Waals surface area contributed by atoms with E-state index in [9.17, 15) is 9.90 Å². The molecular formula is C16H23NO2. The highest BCUT2D eigenvalue weighted by Crippen LogP contribution is 2.15. The van der Waals surface area contributed by atoms with E-state index in [0.29, 0.717) is 6.42 Å². The Balaban J connectivity index is 2.68. The van der Waals surface area contributed by atoms with Gasteiger partial charge in [0.2, 0.25) is 0 Å². The second kappa shape index (κ2) is 7.10. The van der Waals surface area contributed by atoms with Crippen LogP contribution in [-0.2, 0) is 4.79 Å². The van der Waals surface area contributed by atoms with Crippen molar-refractivity contribution in [3.05, 3.63) is 35.9 Å². The van der Waals surface area contributed by atoms with Gasteiger partial charge in [0, 0.05) is 32.1 Å². The van der Waals surface area contributed by atoms with Crippen molar-refractivity contribution >= 4 is 17.5 Å². The van der Waals surface area contributed by atoms with Crippen LogP contribution < -0.4 is 4.90 Å². The molecule has 0 aromatic heterocycles. The summed E-state index contributed by atoms with van der Waals surface area (Å²) in [5, 5.41) is 9.91. The Morgan fingerprint density at radius 1 is 1.32 bits per heavy atom. The molecule has 0 amide bonds. The van der Waals surface area contributed by atoms with Gasteiger partial charge in [-0.15, -0.1) is 0 Å². The fourth-order valence-electron chi connectivity index (χ4n) is 1.77. The molecule has 104 valence electrons. The summed E-state index contributed by atoms with van der Waals surface area (Å²) < 4.78 is 0. The molecule has 0 saturated carbocycles. The first kappa shape index (κ1) is 15.4. The summed E-state index contributed by atoms with van der Waals surface area (Å²) in [6.07, 6.45) is 3.27. The number of ketones is 1. The van der Waals surface area contributed by atoms with Crippen LogP contribution in [0.25, 0.3) is 6.08 Å². The number of hydrogen-bond acceptors (Lipinski definition) is 3. The van der Waals surface area contributed by atoms with Gasteiger partial charge in [-0.1, -0.05) is 38.1 Å². The summed E-state index contributed by atoms with van der Waals surface area (Å²) in [5.74, 6) is -0.262. The van der Waals surface area contributed by atoms with Crippen LogP contribution in [0.3, 0.4) is 0 Å². The van der Waals surface area contributed by atoms with Gasteiger partial charge >= 0.3 is 0 Å². The average molecular weight is 261 g/mol. The maximum absolute atomic E-state index is 11.5. The number of Topliss-reactive ketones (excluding diaryl/α,β-unsaturated/α-hetero) is 1. The van der Waals surface area contributed by atoms with Crippen molar-refractivity contribution in [2.45, 2.75) is 26.4 Å². The summed E-state index contributed by atoms with van der Waals surface area (Å²) in [6, 6.07) is 8.02. The number of nitrogens with zero attached hydrogens (tertiary/aromatic N) is 1. The summed E-state index contributed by atoms with van der Waals surface area (Å²) in [6.45, 7) is 3.57. The molecule has 0 bridgehead atoms. The number of aliphatic hydroxyl groups excluding tert-OH is 1. The van der Waals surface area contributed by atoms with Crippen molar-refractivity contribution in [1.29, 1.82) is 0 Å². The predicted molar refractivity (Wildman–Crippen MR) is 80.3 cm³/mol. The van der Waals surface area contributed by atoms with Crippen LogP contribution in [-0.4, -0.2) is 31.1 Å². The molecule has 0 unspecified atom stereocenters. The van der Waals surface area contributed by atoms with E-state index in [2.05, 4.69) is 0 Å². The normalized spacial score (nSPS) is 14.4. The van der Waals surface area contributed by atoms with E-state index in [4.69, 9.17) is 0 Å². The Labute approximate surface area is 115 Å². The summed E-state index contributed by atoms with van der Waals surface area (Å²) in [7, 11) is 3.99. The topological polar surface area (TPSA) is 40.5 Å². The minimum atomic E-state index is -0.721. The Kier molecular flexibility index (Phi) is 5.77. The zero-order valence-corrected chi connectivity index (χ0v) is 12.1.